The zero-order valence-corrected chi connectivity index (χ0v) is 16.4. The van der Waals surface area contributed by atoms with Gasteiger partial charge in [0.1, 0.15) is 6.33 Å². The van der Waals surface area contributed by atoms with Crippen molar-refractivity contribution in [2.24, 2.45) is 10.2 Å². The number of urea groups is 1. The molecule has 1 aromatic heterocycles. The zero-order chi connectivity index (χ0) is 21.3. The van der Waals surface area contributed by atoms with Gasteiger partial charge in [-0.15, -0.1) is 10.2 Å². The van der Waals surface area contributed by atoms with Gasteiger partial charge in [0.15, 0.2) is 0 Å². The van der Waals surface area contributed by atoms with Crippen LogP contribution in [0.15, 0.2) is 65.1 Å². The van der Waals surface area contributed by atoms with Crippen LogP contribution in [0.25, 0.3) is 0 Å². The van der Waals surface area contributed by atoms with Gasteiger partial charge in [0.25, 0.3) is 0 Å². The van der Waals surface area contributed by atoms with E-state index >= 15 is 0 Å². The molecule has 0 radical (unpaired) electrons. The molecule has 10 nitrogen and oxygen atoms in total. The lowest BCUT2D eigenvalue weighted by molar-refractivity contribution is 0.243. The number of hydrogen-bond donors (Lipinski definition) is 3. The minimum atomic E-state index is -0.677. The van der Waals surface area contributed by atoms with E-state index in [9.17, 15) is 9.59 Å². The molecule has 3 amide bonds. The Bertz CT molecular complexity index is 1070. The maximum absolute atomic E-state index is 12.2. The first-order valence-electron chi connectivity index (χ1n) is 8.98. The molecule has 0 saturated carbocycles. The molecule has 0 fully saturated rings. The molecule has 0 aliphatic carbocycles. The summed E-state index contributed by atoms with van der Waals surface area (Å²) in [5.74, 6) is -0.0823. The Balaban J connectivity index is 1.53. The summed E-state index contributed by atoms with van der Waals surface area (Å²) < 4.78 is 1.01. The van der Waals surface area contributed by atoms with Crippen LogP contribution in [0.4, 0.5) is 15.5 Å². The Morgan fingerprint density at radius 2 is 1.40 bits per heavy atom. The number of amides is 3. The van der Waals surface area contributed by atoms with Crippen molar-refractivity contribution in [1.29, 1.82) is 0 Å². The molecule has 3 rings (SSSR count). The van der Waals surface area contributed by atoms with Crippen LogP contribution in [0.3, 0.4) is 0 Å². The molecular formula is C20H20N8O2. The Kier molecular flexibility index (Phi) is 6.62. The number of nitrogens with zero attached hydrogens (tertiary/aromatic N) is 5. The predicted octanol–water partition coefficient (Wildman–Crippen LogP) is 2.64. The maximum Gasteiger partial charge on any atom is 0.350 e. The molecule has 0 bridgehead atoms. The minimum absolute atomic E-state index is 0.0823. The van der Waals surface area contributed by atoms with Gasteiger partial charge in [0.2, 0.25) is 5.95 Å². The third-order valence-corrected chi connectivity index (χ3v) is 3.90. The summed E-state index contributed by atoms with van der Waals surface area (Å²) in [6, 6.07) is 13.9. The number of aromatic nitrogens is 3. The molecule has 0 spiro atoms. The highest BCUT2D eigenvalue weighted by Crippen LogP contribution is 2.03. The lowest BCUT2D eigenvalue weighted by Gasteiger charge is -2.05. The summed E-state index contributed by atoms with van der Waals surface area (Å²) >= 11 is 0. The fourth-order valence-corrected chi connectivity index (χ4v) is 2.28. The Morgan fingerprint density at radius 3 is 1.97 bits per heavy atom. The largest absolute Gasteiger partial charge is 0.350 e. The van der Waals surface area contributed by atoms with E-state index in [-0.39, 0.29) is 5.95 Å². The first kappa shape index (κ1) is 20.4. The van der Waals surface area contributed by atoms with Gasteiger partial charge >= 0.3 is 12.1 Å². The second-order valence-corrected chi connectivity index (χ2v) is 6.35. The highest BCUT2D eigenvalue weighted by molar-refractivity contribution is 5.91. The third-order valence-electron chi connectivity index (χ3n) is 3.90. The number of carbonyl (C=O) groups is 2. The summed E-state index contributed by atoms with van der Waals surface area (Å²) in [5.41, 5.74) is 8.54. The first-order valence-corrected chi connectivity index (χ1v) is 8.98. The number of aryl methyl sites for hydroxylation is 2. The standard InChI is InChI=1S/C20H20N8O2/c1-14-3-7-16(8-4-14)11-21-26-19(29)24-18-25-23-13-28(18)20(30)27-22-12-17-9-5-15(2)6-10-17/h3-13H,1-2H3,(H,27,30)(H2,24,25,26,29)/b21-11+,22-12+. The summed E-state index contributed by atoms with van der Waals surface area (Å²) in [6.45, 7) is 3.96. The summed E-state index contributed by atoms with van der Waals surface area (Å²) in [7, 11) is 0. The molecule has 0 saturated heterocycles. The molecule has 0 aliphatic rings. The van der Waals surface area contributed by atoms with Crippen molar-refractivity contribution in [2.75, 3.05) is 5.32 Å². The van der Waals surface area contributed by atoms with Gasteiger partial charge in [-0.05, 0) is 25.0 Å². The number of carbonyl (C=O) groups excluding carboxylic acids is 2. The fraction of sp³-hybridized carbons (Fsp3) is 0.100. The first-order chi connectivity index (χ1) is 14.5. The Morgan fingerprint density at radius 1 is 0.867 bits per heavy atom. The molecule has 0 atom stereocenters. The predicted molar refractivity (Wildman–Crippen MR) is 114 cm³/mol. The molecule has 30 heavy (non-hydrogen) atoms. The lowest BCUT2D eigenvalue weighted by Crippen LogP contribution is -2.30. The van der Waals surface area contributed by atoms with Gasteiger partial charge in [-0.1, -0.05) is 59.7 Å². The second-order valence-electron chi connectivity index (χ2n) is 6.35. The summed E-state index contributed by atoms with van der Waals surface area (Å²) in [5, 5.41) is 17.5. The number of rotatable bonds is 5. The van der Waals surface area contributed by atoms with Crippen LogP contribution in [-0.2, 0) is 0 Å². The molecule has 10 heteroatoms. The van der Waals surface area contributed by atoms with E-state index < -0.39 is 12.1 Å². The van der Waals surface area contributed by atoms with E-state index in [1.165, 1.54) is 12.4 Å². The SMILES string of the molecule is Cc1ccc(/C=N/NC(=O)Nc2nncn2C(=O)N/N=C/c2ccc(C)cc2)cc1. The molecule has 0 unspecified atom stereocenters. The Labute approximate surface area is 172 Å². The lowest BCUT2D eigenvalue weighted by atomic mass is 10.2. The van der Waals surface area contributed by atoms with Gasteiger partial charge in [0, 0.05) is 0 Å². The number of benzene rings is 2. The molecule has 3 N–H and O–H groups in total. The molecule has 0 aliphatic heterocycles. The zero-order valence-electron chi connectivity index (χ0n) is 16.4. The van der Waals surface area contributed by atoms with Gasteiger partial charge in [-0.25, -0.2) is 25.0 Å². The fourth-order valence-electron chi connectivity index (χ4n) is 2.28. The molecular weight excluding hydrogens is 384 g/mol. The van der Waals surface area contributed by atoms with Crippen LogP contribution in [0.5, 0.6) is 0 Å². The van der Waals surface area contributed by atoms with Crippen molar-refractivity contribution in [3.05, 3.63) is 77.1 Å². The Hall–Kier alpha value is -4.34. The van der Waals surface area contributed by atoms with Crippen molar-refractivity contribution in [3.8, 4) is 0 Å². The molecule has 152 valence electrons. The topological polar surface area (TPSA) is 126 Å². The van der Waals surface area contributed by atoms with Crippen LogP contribution in [0.2, 0.25) is 0 Å². The monoisotopic (exact) mass is 404 g/mol. The van der Waals surface area contributed by atoms with Crippen molar-refractivity contribution in [2.45, 2.75) is 13.8 Å². The van der Waals surface area contributed by atoms with E-state index in [0.29, 0.717) is 0 Å². The average molecular weight is 404 g/mol. The van der Waals surface area contributed by atoms with Crippen molar-refractivity contribution in [3.63, 3.8) is 0 Å². The van der Waals surface area contributed by atoms with Crippen molar-refractivity contribution >= 4 is 30.4 Å². The number of nitrogens with one attached hydrogen (secondary N) is 3. The van der Waals surface area contributed by atoms with Gasteiger partial charge in [-0.3, -0.25) is 5.32 Å². The van der Waals surface area contributed by atoms with E-state index in [1.807, 2.05) is 62.4 Å². The highest BCUT2D eigenvalue weighted by atomic mass is 16.2. The van der Waals surface area contributed by atoms with Crippen LogP contribution in [0, 0.1) is 13.8 Å². The van der Waals surface area contributed by atoms with E-state index in [4.69, 9.17) is 0 Å². The smallest absolute Gasteiger partial charge is 0.274 e. The number of hydrogen-bond acceptors (Lipinski definition) is 6. The highest BCUT2D eigenvalue weighted by Gasteiger charge is 2.13. The van der Waals surface area contributed by atoms with Crippen molar-refractivity contribution in [1.82, 2.24) is 25.6 Å². The van der Waals surface area contributed by atoms with Crippen LogP contribution in [0.1, 0.15) is 22.3 Å². The summed E-state index contributed by atoms with van der Waals surface area (Å²) in [6.07, 6.45) is 4.15. The number of anilines is 1. The molecule has 2 aromatic carbocycles. The maximum atomic E-state index is 12.2. The van der Waals surface area contributed by atoms with E-state index in [1.54, 1.807) is 0 Å². The van der Waals surface area contributed by atoms with Gasteiger partial charge < -0.3 is 0 Å². The van der Waals surface area contributed by atoms with Crippen molar-refractivity contribution < 1.29 is 9.59 Å². The quantitative estimate of drug-likeness (QED) is 0.446. The van der Waals surface area contributed by atoms with Gasteiger partial charge in [-0.2, -0.15) is 10.2 Å². The second kappa shape index (κ2) is 9.73. The summed E-state index contributed by atoms with van der Waals surface area (Å²) in [4.78, 5) is 24.2. The average Bonchev–Trinajstić information content (AvgIpc) is 3.19. The number of hydrazone groups is 2. The van der Waals surface area contributed by atoms with Gasteiger partial charge in [0.05, 0.1) is 12.4 Å². The van der Waals surface area contributed by atoms with Crippen LogP contribution in [-0.4, -0.2) is 39.3 Å². The molecule has 1 heterocycles. The van der Waals surface area contributed by atoms with Crippen LogP contribution >= 0.6 is 0 Å². The molecule has 3 aromatic rings. The minimum Gasteiger partial charge on any atom is -0.274 e. The van der Waals surface area contributed by atoms with Crippen LogP contribution < -0.4 is 16.2 Å². The van der Waals surface area contributed by atoms with E-state index in [2.05, 4.69) is 36.6 Å². The third kappa shape index (κ3) is 5.83. The normalized spacial score (nSPS) is 11.0. The van der Waals surface area contributed by atoms with E-state index in [0.717, 1.165) is 33.1 Å².